The zero-order chi connectivity index (χ0) is 14.4. The molecule has 1 heterocycles. The van der Waals surface area contributed by atoms with Crippen molar-refractivity contribution in [3.05, 3.63) is 65.5 Å². The topological polar surface area (TPSA) is 48.7 Å². The SMILES string of the molecule is CC(C)c1ccc(C(C#N)NCc2ccccn2)cc1. The zero-order valence-corrected chi connectivity index (χ0v) is 11.9. The third-order valence-corrected chi connectivity index (χ3v) is 3.28. The molecular formula is C17H19N3. The van der Waals surface area contributed by atoms with E-state index >= 15 is 0 Å². The average molecular weight is 265 g/mol. The fourth-order valence-corrected chi connectivity index (χ4v) is 2.02. The van der Waals surface area contributed by atoms with Gasteiger partial charge in [-0.25, -0.2) is 0 Å². The van der Waals surface area contributed by atoms with E-state index in [0.29, 0.717) is 12.5 Å². The highest BCUT2D eigenvalue weighted by molar-refractivity contribution is 5.29. The second-order valence-electron chi connectivity index (χ2n) is 5.09. The van der Waals surface area contributed by atoms with Gasteiger partial charge in [-0.05, 0) is 29.2 Å². The van der Waals surface area contributed by atoms with Crippen molar-refractivity contribution in [2.45, 2.75) is 32.4 Å². The molecular weight excluding hydrogens is 246 g/mol. The summed E-state index contributed by atoms with van der Waals surface area (Å²) in [5.41, 5.74) is 3.22. The molecule has 3 nitrogen and oxygen atoms in total. The lowest BCUT2D eigenvalue weighted by atomic mass is 9.99. The first kappa shape index (κ1) is 14.2. The number of benzene rings is 1. The summed E-state index contributed by atoms with van der Waals surface area (Å²) in [6, 6.07) is 16.0. The Bertz CT molecular complexity index is 567. The summed E-state index contributed by atoms with van der Waals surface area (Å²) in [5.74, 6) is 0.506. The Morgan fingerprint density at radius 2 is 1.80 bits per heavy atom. The molecule has 1 aromatic carbocycles. The van der Waals surface area contributed by atoms with Crippen LogP contribution < -0.4 is 5.32 Å². The number of pyridine rings is 1. The van der Waals surface area contributed by atoms with Crippen LogP contribution in [-0.4, -0.2) is 4.98 Å². The minimum Gasteiger partial charge on any atom is -0.293 e. The Kier molecular flexibility index (Phi) is 4.86. The van der Waals surface area contributed by atoms with Crippen molar-refractivity contribution in [3.63, 3.8) is 0 Å². The van der Waals surface area contributed by atoms with Gasteiger partial charge in [0.15, 0.2) is 0 Å². The first-order valence-corrected chi connectivity index (χ1v) is 6.83. The molecule has 102 valence electrons. The Morgan fingerprint density at radius 1 is 1.10 bits per heavy atom. The lowest BCUT2D eigenvalue weighted by molar-refractivity contribution is 0.620. The third kappa shape index (κ3) is 3.66. The van der Waals surface area contributed by atoms with Gasteiger partial charge < -0.3 is 0 Å². The van der Waals surface area contributed by atoms with Crippen molar-refractivity contribution in [2.24, 2.45) is 0 Å². The number of hydrogen-bond acceptors (Lipinski definition) is 3. The van der Waals surface area contributed by atoms with Gasteiger partial charge in [0, 0.05) is 12.7 Å². The van der Waals surface area contributed by atoms with Crippen molar-refractivity contribution >= 4 is 0 Å². The highest BCUT2D eigenvalue weighted by Gasteiger charge is 2.10. The molecule has 0 radical (unpaired) electrons. The molecule has 0 saturated carbocycles. The standard InChI is InChI=1S/C17H19N3/c1-13(2)14-6-8-15(9-7-14)17(11-18)20-12-16-5-3-4-10-19-16/h3-10,13,17,20H,12H2,1-2H3. The van der Waals surface area contributed by atoms with Gasteiger partial charge in [0.2, 0.25) is 0 Å². The molecule has 2 aromatic rings. The zero-order valence-electron chi connectivity index (χ0n) is 11.9. The summed E-state index contributed by atoms with van der Waals surface area (Å²) in [6.07, 6.45) is 1.76. The van der Waals surface area contributed by atoms with Crippen LogP contribution in [0.2, 0.25) is 0 Å². The second kappa shape index (κ2) is 6.83. The predicted molar refractivity (Wildman–Crippen MR) is 80.0 cm³/mol. The molecule has 1 unspecified atom stereocenters. The maximum absolute atomic E-state index is 9.30. The van der Waals surface area contributed by atoms with Crippen molar-refractivity contribution in [1.29, 1.82) is 5.26 Å². The molecule has 0 saturated heterocycles. The maximum Gasteiger partial charge on any atom is 0.121 e. The lowest BCUT2D eigenvalue weighted by Gasteiger charge is -2.13. The van der Waals surface area contributed by atoms with Crippen LogP contribution in [-0.2, 0) is 6.54 Å². The predicted octanol–water partition coefficient (Wildman–Crippen LogP) is 3.56. The number of nitriles is 1. The highest BCUT2D eigenvalue weighted by atomic mass is 14.9. The maximum atomic E-state index is 9.30. The fraction of sp³-hybridized carbons (Fsp3) is 0.294. The van der Waals surface area contributed by atoms with Crippen molar-refractivity contribution in [1.82, 2.24) is 10.3 Å². The molecule has 0 aliphatic carbocycles. The number of nitrogens with one attached hydrogen (secondary N) is 1. The molecule has 0 aliphatic heterocycles. The summed E-state index contributed by atoms with van der Waals surface area (Å²) in [7, 11) is 0. The Hall–Kier alpha value is -2.18. The van der Waals surface area contributed by atoms with E-state index in [4.69, 9.17) is 0 Å². The normalized spacial score (nSPS) is 12.1. The van der Waals surface area contributed by atoms with Gasteiger partial charge in [-0.1, -0.05) is 44.2 Å². The van der Waals surface area contributed by atoms with E-state index < -0.39 is 0 Å². The molecule has 1 aromatic heterocycles. The van der Waals surface area contributed by atoms with E-state index in [0.717, 1.165) is 11.3 Å². The van der Waals surface area contributed by atoms with Gasteiger partial charge >= 0.3 is 0 Å². The van der Waals surface area contributed by atoms with Crippen LogP contribution in [0.1, 0.15) is 42.6 Å². The summed E-state index contributed by atoms with van der Waals surface area (Å²) < 4.78 is 0. The van der Waals surface area contributed by atoms with Gasteiger partial charge in [-0.3, -0.25) is 10.3 Å². The first-order chi connectivity index (χ1) is 9.70. The molecule has 0 fully saturated rings. The van der Waals surface area contributed by atoms with Crippen molar-refractivity contribution < 1.29 is 0 Å². The van der Waals surface area contributed by atoms with Crippen LogP contribution in [0.25, 0.3) is 0 Å². The van der Waals surface area contributed by atoms with Crippen LogP contribution in [0.5, 0.6) is 0 Å². The second-order valence-corrected chi connectivity index (χ2v) is 5.09. The molecule has 20 heavy (non-hydrogen) atoms. The van der Waals surface area contributed by atoms with Gasteiger partial charge in [0.25, 0.3) is 0 Å². The fourth-order valence-electron chi connectivity index (χ4n) is 2.02. The minimum atomic E-state index is -0.307. The number of nitrogens with zero attached hydrogens (tertiary/aromatic N) is 2. The number of rotatable bonds is 5. The Labute approximate surface area is 120 Å². The monoisotopic (exact) mass is 265 g/mol. The van der Waals surface area contributed by atoms with Crippen LogP contribution in [0, 0.1) is 11.3 Å². The Balaban J connectivity index is 2.03. The number of hydrogen-bond donors (Lipinski definition) is 1. The van der Waals surface area contributed by atoms with Crippen LogP contribution >= 0.6 is 0 Å². The largest absolute Gasteiger partial charge is 0.293 e. The highest BCUT2D eigenvalue weighted by Crippen LogP contribution is 2.18. The van der Waals surface area contributed by atoms with E-state index in [1.165, 1.54) is 5.56 Å². The van der Waals surface area contributed by atoms with Crippen LogP contribution in [0.3, 0.4) is 0 Å². The molecule has 0 bridgehead atoms. The first-order valence-electron chi connectivity index (χ1n) is 6.83. The van der Waals surface area contributed by atoms with Gasteiger partial charge in [0.05, 0.1) is 11.8 Å². The van der Waals surface area contributed by atoms with Crippen LogP contribution in [0.15, 0.2) is 48.7 Å². The molecule has 2 rings (SSSR count). The van der Waals surface area contributed by atoms with Gasteiger partial charge in [-0.2, -0.15) is 5.26 Å². The van der Waals surface area contributed by atoms with E-state index in [1.54, 1.807) is 6.20 Å². The Morgan fingerprint density at radius 3 is 2.35 bits per heavy atom. The molecule has 0 spiro atoms. The third-order valence-electron chi connectivity index (χ3n) is 3.28. The average Bonchev–Trinajstić information content (AvgIpc) is 2.49. The summed E-state index contributed by atoms with van der Waals surface area (Å²) in [6.45, 7) is 4.91. The lowest BCUT2D eigenvalue weighted by Crippen LogP contribution is -2.20. The molecule has 1 atom stereocenters. The van der Waals surface area contributed by atoms with Crippen LogP contribution in [0.4, 0.5) is 0 Å². The minimum absolute atomic E-state index is 0.307. The summed E-state index contributed by atoms with van der Waals surface area (Å²) >= 11 is 0. The van der Waals surface area contributed by atoms with E-state index in [1.807, 2.05) is 30.3 Å². The van der Waals surface area contributed by atoms with Gasteiger partial charge in [0.1, 0.15) is 6.04 Å². The summed E-state index contributed by atoms with van der Waals surface area (Å²) in [5, 5.41) is 12.5. The molecule has 1 N–H and O–H groups in total. The molecule has 0 amide bonds. The smallest absolute Gasteiger partial charge is 0.121 e. The van der Waals surface area contributed by atoms with Crippen molar-refractivity contribution in [3.8, 4) is 6.07 Å². The van der Waals surface area contributed by atoms with E-state index in [-0.39, 0.29) is 6.04 Å². The van der Waals surface area contributed by atoms with E-state index in [2.05, 4.69) is 42.4 Å². The summed E-state index contributed by atoms with van der Waals surface area (Å²) in [4.78, 5) is 4.24. The number of aromatic nitrogens is 1. The quantitative estimate of drug-likeness (QED) is 0.899. The van der Waals surface area contributed by atoms with Gasteiger partial charge in [-0.15, -0.1) is 0 Å². The molecule has 3 heteroatoms. The molecule has 0 aliphatic rings. The van der Waals surface area contributed by atoms with E-state index in [9.17, 15) is 5.26 Å². The van der Waals surface area contributed by atoms with Crippen molar-refractivity contribution in [2.75, 3.05) is 0 Å².